The molecule has 0 unspecified atom stereocenters. The number of amides is 4. The van der Waals surface area contributed by atoms with Gasteiger partial charge in [0.1, 0.15) is 25.5 Å². The van der Waals surface area contributed by atoms with Crippen LogP contribution in [0, 0.1) is 11.8 Å². The van der Waals surface area contributed by atoms with Crippen molar-refractivity contribution in [2.75, 3.05) is 72.5 Å². The predicted octanol–water partition coefficient (Wildman–Crippen LogP) is 1.74. The molecule has 0 aromatic rings. The standard InChI is InChI=1S/C37H64N4O13/c42-19-22-53-24-23-51-21-18-39-34(45)28-54-26-25-52-20-17-38-33(44)16-15-31(37(49)50)41-36(48)30-13-11-29(12-14-30)27-40-32(43)9-7-5-3-1-2-4-6-8-10-35(46)47/h19,29-31H,1-18,20-28H2,(H,38,44)(H,39,45)(H,40,43)(H,41,48)(H,46,47)(H,49,50)/t29?,30?,31-/m0/s1. The fraction of sp³-hybridized carbons (Fsp3) is 0.811. The molecule has 6 N–H and O–H groups in total. The van der Waals surface area contributed by atoms with Crippen molar-refractivity contribution in [3.8, 4) is 0 Å². The molecule has 1 atom stereocenters. The van der Waals surface area contributed by atoms with Crippen LogP contribution in [0.1, 0.15) is 103 Å². The van der Waals surface area contributed by atoms with Crippen molar-refractivity contribution >= 4 is 41.9 Å². The van der Waals surface area contributed by atoms with E-state index in [4.69, 9.17) is 24.1 Å². The summed E-state index contributed by atoms with van der Waals surface area (Å²) in [5.41, 5.74) is 0. The van der Waals surface area contributed by atoms with Gasteiger partial charge in [0.05, 0.1) is 39.6 Å². The second kappa shape index (κ2) is 32.7. The number of carboxylic acid groups (broad SMARTS) is 2. The van der Waals surface area contributed by atoms with Gasteiger partial charge in [-0.25, -0.2) is 4.79 Å². The van der Waals surface area contributed by atoms with Crippen LogP contribution in [-0.2, 0) is 52.5 Å². The van der Waals surface area contributed by atoms with E-state index >= 15 is 0 Å². The van der Waals surface area contributed by atoms with E-state index in [-0.39, 0.29) is 94.3 Å². The van der Waals surface area contributed by atoms with Gasteiger partial charge in [0, 0.05) is 44.8 Å². The fourth-order valence-corrected chi connectivity index (χ4v) is 5.82. The van der Waals surface area contributed by atoms with Crippen LogP contribution in [0.25, 0.3) is 0 Å². The highest BCUT2D eigenvalue weighted by Crippen LogP contribution is 2.28. The lowest BCUT2D eigenvalue weighted by molar-refractivity contribution is -0.143. The molecule has 0 heterocycles. The van der Waals surface area contributed by atoms with Gasteiger partial charge in [-0.3, -0.25) is 24.0 Å². The fourth-order valence-electron chi connectivity index (χ4n) is 5.82. The summed E-state index contributed by atoms with van der Waals surface area (Å²) in [5.74, 6) is -2.97. The molecule has 17 nitrogen and oxygen atoms in total. The smallest absolute Gasteiger partial charge is 0.326 e. The normalized spacial score (nSPS) is 15.9. The van der Waals surface area contributed by atoms with Gasteiger partial charge in [0.25, 0.3) is 0 Å². The third-order valence-corrected chi connectivity index (χ3v) is 8.92. The number of carbonyl (C=O) groups excluding carboxylic acids is 5. The monoisotopic (exact) mass is 772 g/mol. The van der Waals surface area contributed by atoms with Gasteiger partial charge in [-0.1, -0.05) is 38.5 Å². The highest BCUT2D eigenvalue weighted by Gasteiger charge is 2.29. The van der Waals surface area contributed by atoms with Crippen molar-refractivity contribution in [1.29, 1.82) is 0 Å². The topological polar surface area (TPSA) is 245 Å². The quantitative estimate of drug-likeness (QED) is 0.0398. The zero-order valence-electron chi connectivity index (χ0n) is 31.8. The number of carbonyl (C=O) groups is 7. The van der Waals surface area contributed by atoms with Crippen LogP contribution in [0.2, 0.25) is 0 Å². The first-order valence-corrected chi connectivity index (χ1v) is 19.4. The maximum atomic E-state index is 12.8. The van der Waals surface area contributed by atoms with Crippen molar-refractivity contribution in [2.24, 2.45) is 11.8 Å². The SMILES string of the molecule is O=CCOCCOCCNC(=O)COCCOCCNC(=O)CC[C@H](NC(=O)C1CCC(CNC(=O)CCCCCCCCCCC(=O)O)CC1)C(=O)O. The molecule has 0 aliphatic heterocycles. The summed E-state index contributed by atoms with van der Waals surface area (Å²) in [6.45, 7) is 2.44. The minimum absolute atomic E-state index is 0.0221. The first-order valence-electron chi connectivity index (χ1n) is 19.4. The van der Waals surface area contributed by atoms with Crippen molar-refractivity contribution in [1.82, 2.24) is 21.3 Å². The predicted molar refractivity (Wildman–Crippen MR) is 196 cm³/mol. The number of rotatable bonds is 35. The molecule has 1 aliphatic carbocycles. The Hall–Kier alpha value is -3.67. The lowest BCUT2D eigenvalue weighted by atomic mass is 9.81. The molecule has 0 saturated heterocycles. The van der Waals surface area contributed by atoms with Gasteiger partial charge in [-0.15, -0.1) is 0 Å². The summed E-state index contributed by atoms with van der Waals surface area (Å²) in [6, 6.07) is -1.18. The largest absolute Gasteiger partial charge is 0.481 e. The molecule has 1 aliphatic rings. The number of aliphatic carboxylic acids is 2. The second-order valence-corrected chi connectivity index (χ2v) is 13.4. The Bertz CT molecular complexity index is 1090. The molecule has 54 heavy (non-hydrogen) atoms. The molecular formula is C37H64N4O13. The van der Waals surface area contributed by atoms with Crippen LogP contribution in [0.5, 0.6) is 0 Å². The number of ether oxygens (including phenoxy) is 4. The Morgan fingerprint density at radius 1 is 0.611 bits per heavy atom. The molecule has 17 heteroatoms. The third-order valence-electron chi connectivity index (χ3n) is 8.92. The number of hydrogen-bond acceptors (Lipinski definition) is 11. The van der Waals surface area contributed by atoms with Crippen LogP contribution in [0.15, 0.2) is 0 Å². The number of aldehydes is 1. The van der Waals surface area contributed by atoms with Gasteiger partial charge in [0.2, 0.25) is 23.6 Å². The summed E-state index contributed by atoms with van der Waals surface area (Å²) in [7, 11) is 0. The van der Waals surface area contributed by atoms with Crippen LogP contribution in [0.3, 0.4) is 0 Å². The molecule has 0 aromatic carbocycles. The number of nitrogens with one attached hydrogen (secondary N) is 4. The van der Waals surface area contributed by atoms with E-state index in [2.05, 4.69) is 21.3 Å². The Labute approximate surface area is 318 Å². The molecule has 4 amide bonds. The van der Waals surface area contributed by atoms with E-state index in [0.717, 1.165) is 64.2 Å². The molecule has 0 radical (unpaired) electrons. The average Bonchev–Trinajstić information content (AvgIpc) is 3.15. The molecule has 310 valence electrons. The van der Waals surface area contributed by atoms with Crippen LogP contribution in [-0.4, -0.2) is 131 Å². The summed E-state index contributed by atoms with van der Waals surface area (Å²) in [4.78, 5) is 81.5. The molecule has 0 spiro atoms. The van der Waals surface area contributed by atoms with E-state index in [9.17, 15) is 38.7 Å². The molecule has 0 aromatic heterocycles. The molecular weight excluding hydrogens is 708 g/mol. The third kappa shape index (κ3) is 27.9. The average molecular weight is 773 g/mol. The van der Waals surface area contributed by atoms with Crippen LogP contribution < -0.4 is 21.3 Å². The molecule has 1 saturated carbocycles. The van der Waals surface area contributed by atoms with E-state index in [1.807, 2.05) is 0 Å². The van der Waals surface area contributed by atoms with Crippen molar-refractivity contribution in [3.05, 3.63) is 0 Å². The van der Waals surface area contributed by atoms with E-state index in [1.54, 1.807) is 0 Å². The first-order chi connectivity index (χ1) is 26.1. The van der Waals surface area contributed by atoms with Gasteiger partial charge in [-0.05, 0) is 50.9 Å². The van der Waals surface area contributed by atoms with Gasteiger partial charge >= 0.3 is 11.9 Å². The van der Waals surface area contributed by atoms with Gasteiger partial charge < -0.3 is 55.2 Å². The minimum Gasteiger partial charge on any atom is -0.481 e. The van der Waals surface area contributed by atoms with Crippen molar-refractivity contribution < 1.29 is 62.7 Å². The second-order valence-electron chi connectivity index (χ2n) is 13.4. The lowest BCUT2D eigenvalue weighted by Crippen LogP contribution is -2.45. The molecule has 1 fully saturated rings. The Morgan fingerprint density at radius 2 is 1.15 bits per heavy atom. The maximum Gasteiger partial charge on any atom is 0.326 e. The molecule has 1 rings (SSSR count). The number of hydrogen-bond donors (Lipinski definition) is 6. The summed E-state index contributed by atoms with van der Waals surface area (Å²) in [5, 5.41) is 29.2. The van der Waals surface area contributed by atoms with Crippen molar-refractivity contribution in [3.63, 3.8) is 0 Å². The van der Waals surface area contributed by atoms with E-state index < -0.39 is 18.0 Å². The zero-order chi connectivity index (χ0) is 39.7. The van der Waals surface area contributed by atoms with E-state index in [1.165, 1.54) is 0 Å². The minimum atomic E-state index is -1.21. The highest BCUT2D eigenvalue weighted by molar-refractivity contribution is 5.85. The molecule has 0 bridgehead atoms. The number of unbranched alkanes of at least 4 members (excludes halogenated alkanes) is 7. The summed E-state index contributed by atoms with van der Waals surface area (Å²) >= 11 is 0. The first kappa shape index (κ1) is 48.3. The van der Waals surface area contributed by atoms with Gasteiger partial charge in [0.15, 0.2) is 0 Å². The van der Waals surface area contributed by atoms with Crippen molar-refractivity contribution in [2.45, 2.75) is 109 Å². The van der Waals surface area contributed by atoms with Crippen LogP contribution >= 0.6 is 0 Å². The highest BCUT2D eigenvalue weighted by atomic mass is 16.5. The maximum absolute atomic E-state index is 12.8. The van der Waals surface area contributed by atoms with Gasteiger partial charge in [-0.2, -0.15) is 0 Å². The van der Waals surface area contributed by atoms with Crippen LogP contribution in [0.4, 0.5) is 0 Å². The summed E-state index contributed by atoms with van der Waals surface area (Å²) in [6.07, 6.45) is 11.7. The Kier molecular flexibility index (Phi) is 29.3. The Morgan fingerprint density at radius 3 is 1.74 bits per heavy atom. The lowest BCUT2D eigenvalue weighted by Gasteiger charge is -2.28. The summed E-state index contributed by atoms with van der Waals surface area (Å²) < 4.78 is 20.8. The Balaban J connectivity index is 2.06. The number of carboxylic acids is 2. The zero-order valence-corrected chi connectivity index (χ0v) is 31.8. The van der Waals surface area contributed by atoms with E-state index in [0.29, 0.717) is 58.5 Å².